The van der Waals surface area contributed by atoms with Crippen LogP contribution < -0.4 is 5.32 Å². The number of benzene rings is 1. The Kier molecular flexibility index (Phi) is 4.29. The van der Waals surface area contributed by atoms with E-state index in [1.807, 2.05) is 6.20 Å². The van der Waals surface area contributed by atoms with E-state index in [-0.39, 0.29) is 0 Å². The summed E-state index contributed by atoms with van der Waals surface area (Å²) in [6.07, 6.45) is 3.06. The second-order valence-electron chi connectivity index (χ2n) is 3.95. The third-order valence-corrected chi connectivity index (χ3v) is 3.77. The van der Waals surface area contributed by atoms with E-state index in [1.165, 1.54) is 16.0 Å². The molecule has 1 aromatic heterocycles. The summed E-state index contributed by atoms with van der Waals surface area (Å²) in [5.74, 6) is 0. The van der Waals surface area contributed by atoms with Gasteiger partial charge >= 0.3 is 0 Å². The zero-order chi connectivity index (χ0) is 12.1. The second kappa shape index (κ2) is 5.94. The standard InChI is InChI=1S/C14H18N2S/c1-3-11-5-7-12(8-6-11)13-9-16-14(17-13)10-15-4-2/h5-9,15H,3-4,10H2,1-2H3. The summed E-state index contributed by atoms with van der Waals surface area (Å²) in [6.45, 7) is 6.14. The highest BCUT2D eigenvalue weighted by atomic mass is 32.1. The summed E-state index contributed by atoms with van der Waals surface area (Å²) in [4.78, 5) is 5.68. The van der Waals surface area contributed by atoms with Crippen molar-refractivity contribution in [3.63, 3.8) is 0 Å². The number of aryl methyl sites for hydroxylation is 1. The van der Waals surface area contributed by atoms with Crippen LogP contribution in [-0.2, 0) is 13.0 Å². The van der Waals surface area contributed by atoms with E-state index < -0.39 is 0 Å². The summed E-state index contributed by atoms with van der Waals surface area (Å²) in [5, 5.41) is 4.45. The lowest BCUT2D eigenvalue weighted by molar-refractivity contribution is 0.722. The molecule has 0 bridgehead atoms. The van der Waals surface area contributed by atoms with Gasteiger partial charge in [0.25, 0.3) is 0 Å². The van der Waals surface area contributed by atoms with Gasteiger partial charge in [-0.2, -0.15) is 0 Å². The van der Waals surface area contributed by atoms with E-state index in [2.05, 4.69) is 48.4 Å². The lowest BCUT2D eigenvalue weighted by Gasteiger charge is -1.99. The SMILES string of the molecule is CCNCc1ncc(-c2ccc(CC)cc2)s1. The molecule has 2 aromatic rings. The molecule has 0 unspecified atom stereocenters. The van der Waals surface area contributed by atoms with Gasteiger partial charge in [0.15, 0.2) is 0 Å². The lowest BCUT2D eigenvalue weighted by Crippen LogP contribution is -2.11. The Bertz CT molecular complexity index is 459. The van der Waals surface area contributed by atoms with Gasteiger partial charge in [0.2, 0.25) is 0 Å². The fourth-order valence-corrected chi connectivity index (χ4v) is 2.55. The van der Waals surface area contributed by atoms with Gasteiger partial charge in [-0.15, -0.1) is 11.3 Å². The number of nitrogens with zero attached hydrogens (tertiary/aromatic N) is 1. The third kappa shape index (κ3) is 3.14. The number of nitrogens with one attached hydrogen (secondary N) is 1. The van der Waals surface area contributed by atoms with E-state index in [9.17, 15) is 0 Å². The molecule has 17 heavy (non-hydrogen) atoms. The highest BCUT2D eigenvalue weighted by Crippen LogP contribution is 2.26. The monoisotopic (exact) mass is 246 g/mol. The van der Waals surface area contributed by atoms with Gasteiger partial charge in [0.1, 0.15) is 5.01 Å². The summed E-state index contributed by atoms with van der Waals surface area (Å²) in [7, 11) is 0. The van der Waals surface area contributed by atoms with Crippen molar-refractivity contribution in [2.45, 2.75) is 26.8 Å². The summed E-state index contributed by atoms with van der Waals surface area (Å²) in [6, 6.07) is 8.75. The van der Waals surface area contributed by atoms with Crippen LogP contribution in [0.15, 0.2) is 30.5 Å². The first-order valence-corrected chi connectivity index (χ1v) is 6.90. The maximum absolute atomic E-state index is 4.43. The third-order valence-electron chi connectivity index (χ3n) is 2.73. The Morgan fingerprint density at radius 2 is 1.94 bits per heavy atom. The lowest BCUT2D eigenvalue weighted by atomic mass is 10.1. The first-order chi connectivity index (χ1) is 8.33. The van der Waals surface area contributed by atoms with Crippen LogP contribution in [0.3, 0.4) is 0 Å². The van der Waals surface area contributed by atoms with Crippen molar-refractivity contribution in [2.24, 2.45) is 0 Å². The molecule has 0 radical (unpaired) electrons. The molecule has 90 valence electrons. The molecule has 1 N–H and O–H groups in total. The van der Waals surface area contributed by atoms with E-state index in [4.69, 9.17) is 0 Å². The van der Waals surface area contributed by atoms with Crippen LogP contribution in [0.4, 0.5) is 0 Å². The van der Waals surface area contributed by atoms with Crippen LogP contribution in [0.1, 0.15) is 24.4 Å². The first-order valence-electron chi connectivity index (χ1n) is 6.08. The molecule has 0 spiro atoms. The smallest absolute Gasteiger partial charge is 0.107 e. The average molecular weight is 246 g/mol. The van der Waals surface area contributed by atoms with Gasteiger partial charge < -0.3 is 5.32 Å². The highest BCUT2D eigenvalue weighted by Gasteiger charge is 2.03. The predicted octanol–water partition coefficient (Wildman–Crippen LogP) is 3.48. The topological polar surface area (TPSA) is 24.9 Å². The van der Waals surface area contributed by atoms with Crippen molar-refractivity contribution in [3.05, 3.63) is 41.0 Å². The minimum atomic E-state index is 0.869. The molecule has 0 fully saturated rings. The molecule has 0 aliphatic carbocycles. The van der Waals surface area contributed by atoms with Gasteiger partial charge in [-0.3, -0.25) is 0 Å². The average Bonchev–Trinajstić information content (AvgIpc) is 2.85. The van der Waals surface area contributed by atoms with Gasteiger partial charge in [-0.25, -0.2) is 4.98 Å². The molecule has 0 amide bonds. The van der Waals surface area contributed by atoms with E-state index >= 15 is 0 Å². The maximum Gasteiger partial charge on any atom is 0.107 e. The Hall–Kier alpha value is -1.19. The van der Waals surface area contributed by atoms with E-state index in [0.29, 0.717) is 0 Å². The zero-order valence-electron chi connectivity index (χ0n) is 10.4. The van der Waals surface area contributed by atoms with Crippen molar-refractivity contribution in [2.75, 3.05) is 6.54 Å². The molecular formula is C14H18N2S. The first kappa shape index (κ1) is 12.3. The fraction of sp³-hybridized carbons (Fsp3) is 0.357. The minimum absolute atomic E-state index is 0.869. The Morgan fingerprint density at radius 1 is 1.18 bits per heavy atom. The van der Waals surface area contributed by atoms with Crippen LogP contribution in [0, 0.1) is 0 Å². The molecule has 0 atom stereocenters. The predicted molar refractivity (Wildman–Crippen MR) is 74.3 cm³/mol. The number of hydrogen-bond donors (Lipinski definition) is 1. The number of rotatable bonds is 5. The molecular weight excluding hydrogens is 228 g/mol. The largest absolute Gasteiger partial charge is 0.311 e. The number of hydrogen-bond acceptors (Lipinski definition) is 3. The summed E-state index contributed by atoms with van der Waals surface area (Å²) >= 11 is 1.77. The van der Waals surface area contributed by atoms with E-state index in [0.717, 1.165) is 24.5 Å². The number of thiazole rings is 1. The van der Waals surface area contributed by atoms with E-state index in [1.54, 1.807) is 11.3 Å². The Labute approximate surface area is 107 Å². The molecule has 1 aromatic carbocycles. The van der Waals surface area contributed by atoms with Crippen molar-refractivity contribution in [1.82, 2.24) is 10.3 Å². The second-order valence-corrected chi connectivity index (χ2v) is 5.06. The maximum atomic E-state index is 4.43. The van der Waals surface area contributed by atoms with Gasteiger partial charge in [-0.1, -0.05) is 38.1 Å². The van der Waals surface area contributed by atoms with Crippen molar-refractivity contribution >= 4 is 11.3 Å². The van der Waals surface area contributed by atoms with Crippen LogP contribution in [0.2, 0.25) is 0 Å². The van der Waals surface area contributed by atoms with Crippen LogP contribution in [-0.4, -0.2) is 11.5 Å². The summed E-state index contributed by atoms with van der Waals surface area (Å²) < 4.78 is 0. The fourth-order valence-electron chi connectivity index (χ4n) is 1.66. The quantitative estimate of drug-likeness (QED) is 0.873. The molecule has 3 heteroatoms. The van der Waals surface area contributed by atoms with Gasteiger partial charge in [-0.05, 0) is 24.1 Å². The van der Waals surface area contributed by atoms with Crippen LogP contribution in [0.5, 0.6) is 0 Å². The number of aromatic nitrogens is 1. The molecule has 2 rings (SSSR count). The molecule has 1 heterocycles. The Morgan fingerprint density at radius 3 is 2.59 bits per heavy atom. The summed E-state index contributed by atoms with van der Waals surface area (Å²) in [5.41, 5.74) is 2.65. The van der Waals surface area contributed by atoms with Crippen molar-refractivity contribution < 1.29 is 0 Å². The molecule has 0 aliphatic rings. The molecule has 0 saturated carbocycles. The van der Waals surface area contributed by atoms with Crippen LogP contribution in [0.25, 0.3) is 10.4 Å². The molecule has 0 saturated heterocycles. The minimum Gasteiger partial charge on any atom is -0.311 e. The van der Waals surface area contributed by atoms with Crippen molar-refractivity contribution in [1.29, 1.82) is 0 Å². The normalized spacial score (nSPS) is 10.7. The van der Waals surface area contributed by atoms with Crippen LogP contribution >= 0.6 is 11.3 Å². The molecule has 0 aliphatic heterocycles. The van der Waals surface area contributed by atoms with Gasteiger partial charge in [0.05, 0.1) is 4.88 Å². The molecule has 2 nitrogen and oxygen atoms in total. The highest BCUT2D eigenvalue weighted by molar-refractivity contribution is 7.15. The zero-order valence-corrected chi connectivity index (χ0v) is 11.2. The Balaban J connectivity index is 2.12. The van der Waals surface area contributed by atoms with Crippen molar-refractivity contribution in [3.8, 4) is 10.4 Å². The van der Waals surface area contributed by atoms with Gasteiger partial charge in [0, 0.05) is 12.7 Å².